The summed E-state index contributed by atoms with van der Waals surface area (Å²) in [5.41, 5.74) is 1.58. The zero-order chi connectivity index (χ0) is 20.1. The number of nitrogens with one attached hydrogen (secondary N) is 2. The lowest BCUT2D eigenvalue weighted by Gasteiger charge is -2.23. The number of fused-ring (bicyclic) bond motifs is 1. The first-order chi connectivity index (χ1) is 14.0. The van der Waals surface area contributed by atoms with Crippen LogP contribution in [0.5, 0.6) is 0 Å². The highest BCUT2D eigenvalue weighted by molar-refractivity contribution is 6.33. The lowest BCUT2D eigenvalue weighted by molar-refractivity contribution is -0.145. The van der Waals surface area contributed by atoms with Crippen LogP contribution < -0.4 is 10.6 Å². The molecular weight excluding hydrogens is 392 g/mol. The van der Waals surface area contributed by atoms with Crippen molar-refractivity contribution in [1.29, 1.82) is 0 Å². The quantitative estimate of drug-likeness (QED) is 0.752. The van der Waals surface area contributed by atoms with E-state index in [9.17, 15) is 14.4 Å². The highest BCUT2D eigenvalue weighted by Crippen LogP contribution is 2.57. The van der Waals surface area contributed by atoms with Gasteiger partial charge in [0.1, 0.15) is 6.10 Å². The van der Waals surface area contributed by atoms with Gasteiger partial charge in [-0.1, -0.05) is 23.7 Å². The van der Waals surface area contributed by atoms with Crippen LogP contribution in [0.2, 0.25) is 5.02 Å². The SMILES string of the molecule is O=C(Nc1ccccc1Cl)c1ccc(NC(=O)[C@@H]2[C@@H]3C[C@@H]4[C@H]2C(=O)O[C@@H]4C3)cc1. The van der Waals surface area contributed by atoms with Gasteiger partial charge in [0.2, 0.25) is 5.91 Å². The Morgan fingerprint density at radius 2 is 1.76 bits per heavy atom. The molecule has 0 radical (unpaired) electrons. The van der Waals surface area contributed by atoms with E-state index in [1.165, 1.54) is 0 Å². The summed E-state index contributed by atoms with van der Waals surface area (Å²) < 4.78 is 5.40. The van der Waals surface area contributed by atoms with Gasteiger partial charge in [-0.05, 0) is 55.2 Å². The zero-order valence-electron chi connectivity index (χ0n) is 15.4. The number of rotatable bonds is 4. The Balaban J connectivity index is 1.25. The molecule has 5 rings (SSSR count). The van der Waals surface area contributed by atoms with Gasteiger partial charge in [0.05, 0.1) is 22.5 Å². The fourth-order valence-corrected chi connectivity index (χ4v) is 5.23. The second-order valence-corrected chi connectivity index (χ2v) is 8.33. The van der Waals surface area contributed by atoms with Crippen LogP contribution in [0.3, 0.4) is 0 Å². The van der Waals surface area contributed by atoms with Crippen LogP contribution in [0.1, 0.15) is 23.2 Å². The monoisotopic (exact) mass is 410 g/mol. The molecule has 5 atom stereocenters. The molecule has 2 aromatic carbocycles. The van der Waals surface area contributed by atoms with E-state index in [-0.39, 0.29) is 47.6 Å². The average molecular weight is 411 g/mol. The van der Waals surface area contributed by atoms with Crippen molar-refractivity contribution in [2.75, 3.05) is 10.6 Å². The maximum absolute atomic E-state index is 12.8. The number of esters is 1. The maximum Gasteiger partial charge on any atom is 0.310 e. The summed E-state index contributed by atoms with van der Waals surface area (Å²) in [6.45, 7) is 0. The van der Waals surface area contributed by atoms with Gasteiger partial charge in [0.25, 0.3) is 5.91 Å². The van der Waals surface area contributed by atoms with E-state index in [4.69, 9.17) is 16.3 Å². The van der Waals surface area contributed by atoms with Crippen LogP contribution >= 0.6 is 11.6 Å². The molecule has 2 aliphatic carbocycles. The van der Waals surface area contributed by atoms with Crippen LogP contribution in [-0.2, 0) is 14.3 Å². The molecule has 0 aromatic heterocycles. The second kappa shape index (κ2) is 6.88. The van der Waals surface area contributed by atoms with E-state index in [0.717, 1.165) is 12.8 Å². The first-order valence-electron chi connectivity index (χ1n) is 9.68. The average Bonchev–Trinajstić information content (AvgIpc) is 3.33. The lowest BCUT2D eigenvalue weighted by atomic mass is 9.79. The van der Waals surface area contributed by atoms with Gasteiger partial charge < -0.3 is 15.4 Å². The first kappa shape index (κ1) is 18.2. The Hall–Kier alpha value is -2.86. The van der Waals surface area contributed by atoms with Crippen molar-refractivity contribution >= 4 is 40.8 Å². The highest BCUT2D eigenvalue weighted by Gasteiger charge is 2.63. The van der Waals surface area contributed by atoms with Gasteiger partial charge in [-0.2, -0.15) is 0 Å². The van der Waals surface area contributed by atoms with Gasteiger partial charge in [-0.3, -0.25) is 14.4 Å². The van der Waals surface area contributed by atoms with E-state index >= 15 is 0 Å². The number of carbonyl (C=O) groups excluding carboxylic acids is 3. The molecule has 2 amide bonds. The Morgan fingerprint density at radius 3 is 2.52 bits per heavy atom. The molecule has 3 fully saturated rings. The van der Waals surface area contributed by atoms with Crippen LogP contribution in [0.15, 0.2) is 48.5 Å². The molecule has 2 aromatic rings. The van der Waals surface area contributed by atoms with Gasteiger partial charge in [-0.15, -0.1) is 0 Å². The molecule has 1 saturated heterocycles. The Labute approximate surface area is 172 Å². The van der Waals surface area contributed by atoms with E-state index in [1.807, 2.05) is 0 Å². The Morgan fingerprint density at radius 1 is 1.00 bits per heavy atom. The Kier molecular flexibility index (Phi) is 4.32. The molecule has 1 heterocycles. The largest absolute Gasteiger partial charge is 0.462 e. The summed E-state index contributed by atoms with van der Waals surface area (Å²) in [5, 5.41) is 6.12. The van der Waals surface area contributed by atoms with E-state index in [0.29, 0.717) is 22.0 Å². The van der Waals surface area contributed by atoms with Crippen LogP contribution in [0, 0.1) is 23.7 Å². The number of amides is 2. The van der Waals surface area contributed by atoms with Crippen molar-refractivity contribution in [3.8, 4) is 0 Å². The summed E-state index contributed by atoms with van der Waals surface area (Å²) >= 11 is 6.07. The van der Waals surface area contributed by atoms with Crippen molar-refractivity contribution in [3.05, 3.63) is 59.1 Å². The minimum atomic E-state index is -0.325. The van der Waals surface area contributed by atoms with Crippen molar-refractivity contribution in [2.45, 2.75) is 18.9 Å². The van der Waals surface area contributed by atoms with Crippen molar-refractivity contribution in [3.63, 3.8) is 0 Å². The number of para-hydroxylation sites is 1. The fraction of sp³-hybridized carbons (Fsp3) is 0.318. The maximum atomic E-state index is 12.8. The lowest BCUT2D eigenvalue weighted by Crippen LogP contribution is -2.35. The molecule has 3 aliphatic rings. The minimum Gasteiger partial charge on any atom is -0.462 e. The molecular formula is C22H19ClN2O4. The van der Waals surface area contributed by atoms with Crippen LogP contribution in [0.4, 0.5) is 11.4 Å². The molecule has 1 aliphatic heterocycles. The summed E-state index contributed by atoms with van der Waals surface area (Å²) in [7, 11) is 0. The number of halogens is 1. The molecule has 7 heteroatoms. The number of carbonyl (C=O) groups is 3. The number of ether oxygens (including phenoxy) is 1. The minimum absolute atomic E-state index is 0.0115. The Bertz CT molecular complexity index is 1000. The summed E-state index contributed by atoms with van der Waals surface area (Å²) in [4.78, 5) is 37.3. The number of anilines is 2. The summed E-state index contributed by atoms with van der Waals surface area (Å²) in [5.74, 6) is -0.890. The van der Waals surface area contributed by atoms with Crippen molar-refractivity contribution in [1.82, 2.24) is 0 Å². The smallest absolute Gasteiger partial charge is 0.310 e. The second-order valence-electron chi connectivity index (χ2n) is 7.92. The fourth-order valence-electron chi connectivity index (χ4n) is 5.05. The van der Waals surface area contributed by atoms with Gasteiger partial charge in [-0.25, -0.2) is 0 Å². The number of benzene rings is 2. The summed E-state index contributed by atoms with van der Waals surface area (Å²) in [6, 6.07) is 13.7. The summed E-state index contributed by atoms with van der Waals surface area (Å²) in [6.07, 6.45) is 1.68. The van der Waals surface area contributed by atoms with E-state index in [2.05, 4.69) is 10.6 Å². The number of hydrogen-bond donors (Lipinski definition) is 2. The van der Waals surface area contributed by atoms with E-state index < -0.39 is 0 Å². The normalized spacial score (nSPS) is 28.9. The predicted molar refractivity (Wildman–Crippen MR) is 108 cm³/mol. The molecule has 6 nitrogen and oxygen atoms in total. The van der Waals surface area contributed by atoms with Crippen LogP contribution in [-0.4, -0.2) is 23.9 Å². The van der Waals surface area contributed by atoms with Gasteiger partial charge >= 0.3 is 5.97 Å². The molecule has 29 heavy (non-hydrogen) atoms. The van der Waals surface area contributed by atoms with E-state index in [1.54, 1.807) is 48.5 Å². The molecule has 0 spiro atoms. The first-order valence-corrected chi connectivity index (χ1v) is 10.1. The topological polar surface area (TPSA) is 84.5 Å². The van der Waals surface area contributed by atoms with Crippen LogP contribution in [0.25, 0.3) is 0 Å². The molecule has 0 unspecified atom stereocenters. The molecule has 148 valence electrons. The third-order valence-corrected chi connectivity index (χ3v) is 6.65. The van der Waals surface area contributed by atoms with Crippen molar-refractivity contribution < 1.29 is 19.1 Å². The predicted octanol–water partition coefficient (Wildman–Crippen LogP) is 3.73. The third-order valence-electron chi connectivity index (χ3n) is 6.32. The highest BCUT2D eigenvalue weighted by atomic mass is 35.5. The standard InChI is InChI=1S/C22H19ClN2O4/c23-15-3-1-2-4-16(15)25-20(26)11-5-7-13(8-6-11)24-21(27)18-12-9-14-17(10-12)29-22(28)19(14)18/h1-8,12,14,17-19H,9-10H2,(H,24,27)(H,25,26)/t12-,14+,17-,18-,19-/m1/s1. The van der Waals surface area contributed by atoms with Gasteiger partial charge in [0, 0.05) is 17.2 Å². The molecule has 2 saturated carbocycles. The molecule has 2 N–H and O–H groups in total. The van der Waals surface area contributed by atoms with Gasteiger partial charge in [0.15, 0.2) is 0 Å². The zero-order valence-corrected chi connectivity index (χ0v) is 16.2. The third kappa shape index (κ3) is 3.08. The number of hydrogen-bond acceptors (Lipinski definition) is 4. The van der Waals surface area contributed by atoms with Crippen molar-refractivity contribution in [2.24, 2.45) is 23.7 Å². The molecule has 2 bridgehead atoms.